The Labute approximate surface area is 301 Å². The fourth-order valence-corrected chi connectivity index (χ4v) is 13.5. The Balaban J connectivity index is 1.23. The zero-order valence-corrected chi connectivity index (χ0v) is 32.2. The number of hydrogen-bond donors (Lipinski definition) is 2. The number of esters is 1. The molecule has 0 spiro atoms. The van der Waals surface area contributed by atoms with Crippen molar-refractivity contribution in [2.45, 2.75) is 145 Å². The smallest absolute Gasteiger partial charge is 0.309 e. The highest BCUT2D eigenvalue weighted by atomic mass is 16.5. The van der Waals surface area contributed by atoms with Gasteiger partial charge in [0.25, 0.3) is 0 Å². The van der Waals surface area contributed by atoms with Crippen LogP contribution < -0.4 is 5.32 Å². The van der Waals surface area contributed by atoms with Crippen LogP contribution in [0, 0.1) is 62.1 Å². The van der Waals surface area contributed by atoms with E-state index < -0.39 is 17.4 Å². The van der Waals surface area contributed by atoms with Crippen molar-refractivity contribution < 1.29 is 24.2 Å². The SMILES string of the molecule is C=C(C)[C@@H]1CC[C@]2(CC(=O)NCc3cccnc3)CC[C@]3(C)[C@H](CC[C@@H]4[C@@]5(C)CC[C@H](OC(=O)CC(C)(C)C(=O)O)C(C)(C)[C@@H]5CC[C@]43C)[C@@H]12. The van der Waals surface area contributed by atoms with Crippen molar-refractivity contribution in [1.29, 1.82) is 0 Å². The maximum absolute atomic E-state index is 13.7. The fourth-order valence-electron chi connectivity index (χ4n) is 13.5. The third-order valence-electron chi connectivity index (χ3n) is 16.3. The average molecular weight is 689 g/mol. The fraction of sp³-hybridized carbons (Fsp3) is 0.767. The van der Waals surface area contributed by atoms with Crippen LogP contribution in [0.25, 0.3) is 0 Å². The number of pyridine rings is 1. The van der Waals surface area contributed by atoms with Crippen molar-refractivity contribution in [3.63, 3.8) is 0 Å². The summed E-state index contributed by atoms with van der Waals surface area (Å²) in [7, 11) is 0. The number of carboxylic acid groups (broad SMARTS) is 1. The molecular weight excluding hydrogens is 624 g/mol. The third-order valence-corrected chi connectivity index (χ3v) is 16.3. The van der Waals surface area contributed by atoms with Crippen molar-refractivity contribution in [2.24, 2.45) is 62.1 Å². The second-order valence-electron chi connectivity index (χ2n) is 19.6. The van der Waals surface area contributed by atoms with Gasteiger partial charge >= 0.3 is 11.9 Å². The Hall–Kier alpha value is -2.70. The molecule has 5 aliphatic carbocycles. The van der Waals surface area contributed by atoms with E-state index in [0.717, 1.165) is 44.1 Å². The topological polar surface area (TPSA) is 106 Å². The maximum atomic E-state index is 13.7. The molecule has 0 bridgehead atoms. The van der Waals surface area contributed by atoms with E-state index in [1.165, 1.54) is 31.3 Å². The highest BCUT2D eigenvalue weighted by molar-refractivity contribution is 5.81. The minimum atomic E-state index is -1.14. The predicted molar refractivity (Wildman–Crippen MR) is 196 cm³/mol. The maximum Gasteiger partial charge on any atom is 0.309 e. The average Bonchev–Trinajstić information content (AvgIpc) is 3.41. The standard InChI is InChI=1S/C43H64N2O5/c1-27(2)29-14-19-43(23-34(46)45-26-28-11-10-22-44-25-28)21-20-41(8)30(36(29)43)12-13-32-40(7)17-16-33(50-35(47)24-38(3,4)37(48)49)39(5,6)31(40)15-18-42(32,41)9/h10-11,22,25,29-33,36H,1,12-21,23-24,26H2,2-9H3,(H,45,46)(H,48,49)/t29-,30+,31-,32+,33-,36+,40-,41+,42+,43+/m0/s1. The van der Waals surface area contributed by atoms with Gasteiger partial charge in [0, 0.05) is 30.8 Å². The highest BCUT2D eigenvalue weighted by Crippen LogP contribution is 2.78. The molecule has 6 rings (SSSR count). The van der Waals surface area contributed by atoms with Crippen molar-refractivity contribution in [3.8, 4) is 0 Å². The molecule has 0 radical (unpaired) electrons. The van der Waals surface area contributed by atoms with Crippen molar-refractivity contribution in [2.75, 3.05) is 0 Å². The lowest BCUT2D eigenvalue weighted by Crippen LogP contribution is -2.67. The summed E-state index contributed by atoms with van der Waals surface area (Å²) >= 11 is 0. The summed E-state index contributed by atoms with van der Waals surface area (Å²) in [6.07, 6.45) is 15.0. The van der Waals surface area contributed by atoms with Crippen molar-refractivity contribution >= 4 is 17.8 Å². The van der Waals surface area contributed by atoms with Gasteiger partial charge in [-0.2, -0.15) is 0 Å². The van der Waals surface area contributed by atoms with Gasteiger partial charge in [0.1, 0.15) is 6.10 Å². The van der Waals surface area contributed by atoms with Gasteiger partial charge in [0.05, 0.1) is 11.8 Å². The molecule has 0 aliphatic heterocycles. The molecule has 0 aromatic carbocycles. The molecule has 5 aliphatic rings. The van der Waals surface area contributed by atoms with E-state index in [-0.39, 0.29) is 45.5 Å². The van der Waals surface area contributed by atoms with E-state index in [1.54, 1.807) is 20.0 Å². The zero-order valence-electron chi connectivity index (χ0n) is 32.2. The van der Waals surface area contributed by atoms with Crippen LogP contribution in [0.2, 0.25) is 0 Å². The molecule has 1 heterocycles. The van der Waals surface area contributed by atoms with E-state index in [1.807, 2.05) is 18.3 Å². The van der Waals surface area contributed by atoms with E-state index in [2.05, 4.69) is 58.4 Å². The molecule has 0 saturated heterocycles. The van der Waals surface area contributed by atoms with Gasteiger partial charge in [0.15, 0.2) is 0 Å². The number of nitrogens with zero attached hydrogens (tertiary/aromatic N) is 1. The number of carboxylic acids is 1. The zero-order chi connectivity index (χ0) is 36.5. The van der Waals surface area contributed by atoms with Crippen LogP contribution in [0.15, 0.2) is 36.7 Å². The first-order valence-corrected chi connectivity index (χ1v) is 19.5. The van der Waals surface area contributed by atoms with Gasteiger partial charge in [-0.05, 0) is 148 Å². The van der Waals surface area contributed by atoms with Gasteiger partial charge in [-0.3, -0.25) is 19.4 Å². The summed E-state index contributed by atoms with van der Waals surface area (Å²) in [5, 5.41) is 12.8. The Kier molecular flexibility index (Phi) is 9.46. The minimum absolute atomic E-state index is 0.0241. The molecule has 1 aromatic heterocycles. The first-order valence-electron chi connectivity index (χ1n) is 19.5. The molecular formula is C43H64N2O5. The van der Waals surface area contributed by atoms with Crippen LogP contribution in [-0.2, 0) is 25.7 Å². The molecule has 1 amide bonds. The van der Waals surface area contributed by atoms with Crippen LogP contribution >= 0.6 is 0 Å². The molecule has 5 saturated carbocycles. The molecule has 50 heavy (non-hydrogen) atoms. The number of hydrogen-bond acceptors (Lipinski definition) is 5. The number of carbonyl (C=O) groups excluding carboxylic acids is 2. The number of aliphatic carboxylic acids is 1. The molecule has 0 unspecified atom stereocenters. The van der Waals surface area contributed by atoms with Gasteiger partial charge in [-0.25, -0.2) is 0 Å². The van der Waals surface area contributed by atoms with Crippen LogP contribution in [0.1, 0.15) is 138 Å². The van der Waals surface area contributed by atoms with E-state index in [9.17, 15) is 19.5 Å². The van der Waals surface area contributed by atoms with E-state index in [4.69, 9.17) is 4.74 Å². The molecule has 10 atom stereocenters. The van der Waals surface area contributed by atoms with Crippen molar-refractivity contribution in [3.05, 3.63) is 42.2 Å². The Morgan fingerprint density at radius 3 is 2.36 bits per heavy atom. The van der Waals surface area contributed by atoms with Gasteiger partial charge in [0.2, 0.25) is 5.91 Å². The highest BCUT2D eigenvalue weighted by Gasteiger charge is 2.71. The lowest BCUT2D eigenvalue weighted by Gasteiger charge is -2.73. The second kappa shape index (κ2) is 12.8. The van der Waals surface area contributed by atoms with Gasteiger partial charge in [-0.15, -0.1) is 0 Å². The lowest BCUT2D eigenvalue weighted by atomic mass is 9.32. The monoisotopic (exact) mass is 688 g/mol. The molecule has 2 N–H and O–H groups in total. The number of carbonyl (C=O) groups is 3. The summed E-state index contributed by atoms with van der Waals surface area (Å²) in [4.78, 5) is 42.7. The molecule has 1 aromatic rings. The first kappa shape index (κ1) is 37.1. The third kappa shape index (κ3) is 5.85. The molecule has 5 fully saturated rings. The van der Waals surface area contributed by atoms with Gasteiger partial charge in [-0.1, -0.05) is 52.8 Å². The largest absolute Gasteiger partial charge is 0.481 e. The van der Waals surface area contributed by atoms with E-state index in [0.29, 0.717) is 42.6 Å². The van der Waals surface area contributed by atoms with Gasteiger partial charge < -0.3 is 15.2 Å². The quantitative estimate of drug-likeness (QED) is 0.198. The Bertz CT molecular complexity index is 1500. The minimum Gasteiger partial charge on any atom is -0.481 e. The Morgan fingerprint density at radius 1 is 0.960 bits per heavy atom. The first-order chi connectivity index (χ1) is 23.3. The molecule has 7 nitrogen and oxygen atoms in total. The number of rotatable bonds is 9. The van der Waals surface area contributed by atoms with Crippen LogP contribution in [-0.4, -0.2) is 34.0 Å². The number of aromatic nitrogens is 1. The summed E-state index contributed by atoms with van der Waals surface area (Å²) in [6, 6.07) is 3.94. The summed E-state index contributed by atoms with van der Waals surface area (Å²) in [6.45, 7) is 22.9. The second-order valence-corrected chi connectivity index (χ2v) is 19.6. The predicted octanol–water partition coefficient (Wildman–Crippen LogP) is 9.16. The normalized spacial score (nSPS) is 40.3. The number of allylic oxidation sites excluding steroid dienone is 1. The molecule has 276 valence electrons. The summed E-state index contributed by atoms with van der Waals surface area (Å²) < 4.78 is 6.17. The summed E-state index contributed by atoms with van der Waals surface area (Å²) in [5.74, 6) is 1.32. The lowest BCUT2D eigenvalue weighted by molar-refractivity contribution is -0.250. The number of ether oxygens (including phenoxy) is 1. The van der Waals surface area contributed by atoms with E-state index >= 15 is 0 Å². The van der Waals surface area contributed by atoms with Crippen LogP contribution in [0.4, 0.5) is 0 Å². The number of amides is 1. The molecule has 7 heteroatoms. The van der Waals surface area contributed by atoms with Crippen LogP contribution in [0.5, 0.6) is 0 Å². The Morgan fingerprint density at radius 2 is 1.70 bits per heavy atom. The van der Waals surface area contributed by atoms with Crippen LogP contribution in [0.3, 0.4) is 0 Å². The number of fused-ring (bicyclic) bond motifs is 7. The number of nitrogens with one attached hydrogen (secondary N) is 1. The summed E-state index contributed by atoms with van der Waals surface area (Å²) in [5.41, 5.74) is 1.51. The van der Waals surface area contributed by atoms with Crippen molar-refractivity contribution in [1.82, 2.24) is 10.3 Å².